The quantitative estimate of drug-likeness (QED) is 0.200. The second-order valence-electron chi connectivity index (χ2n) is 10.2. The maximum absolute atomic E-state index is 13.5. The zero-order valence-corrected chi connectivity index (χ0v) is 23.7. The standard InChI is InChI=1S/C31H33ClN2O5/c1-18(2)17-39-25-13-9-21(15-19(25)3)29(35)27-28(20-7-10-22(11-8-20)33(4)5)34(31(37)30(27)36)23-12-14-26(38-6)24(32)16-23/h7-16,18,28,35H,17H2,1-6H3/b29-27+. The summed E-state index contributed by atoms with van der Waals surface area (Å²) in [6.07, 6.45) is 0. The predicted octanol–water partition coefficient (Wildman–Crippen LogP) is 6.38. The van der Waals surface area contributed by atoms with Crippen LogP contribution in [0, 0.1) is 12.8 Å². The first-order valence-electron chi connectivity index (χ1n) is 12.7. The van der Waals surface area contributed by atoms with E-state index in [0.29, 0.717) is 45.9 Å². The molecule has 3 aromatic rings. The van der Waals surface area contributed by atoms with Crippen LogP contribution in [0.15, 0.2) is 66.2 Å². The van der Waals surface area contributed by atoms with Gasteiger partial charge >= 0.3 is 0 Å². The summed E-state index contributed by atoms with van der Waals surface area (Å²) in [6.45, 7) is 6.57. The lowest BCUT2D eigenvalue weighted by molar-refractivity contribution is -0.132. The van der Waals surface area contributed by atoms with E-state index in [0.717, 1.165) is 11.3 Å². The summed E-state index contributed by atoms with van der Waals surface area (Å²) in [6, 6.07) is 16.8. The molecule has 0 radical (unpaired) electrons. The van der Waals surface area contributed by atoms with Crippen molar-refractivity contribution in [2.24, 2.45) is 5.92 Å². The van der Waals surface area contributed by atoms with Crippen LogP contribution >= 0.6 is 11.6 Å². The number of aliphatic hydroxyl groups is 1. The molecule has 204 valence electrons. The number of carbonyl (C=O) groups is 2. The summed E-state index contributed by atoms with van der Waals surface area (Å²) in [4.78, 5) is 30.3. The van der Waals surface area contributed by atoms with Gasteiger partial charge in [0.2, 0.25) is 0 Å². The number of aryl methyl sites for hydroxylation is 1. The van der Waals surface area contributed by atoms with Gasteiger partial charge in [0, 0.05) is 31.0 Å². The second-order valence-corrected chi connectivity index (χ2v) is 10.6. The van der Waals surface area contributed by atoms with E-state index in [4.69, 9.17) is 21.1 Å². The first-order chi connectivity index (χ1) is 18.5. The summed E-state index contributed by atoms with van der Waals surface area (Å²) in [5.74, 6) is -0.287. The highest BCUT2D eigenvalue weighted by molar-refractivity contribution is 6.51. The lowest BCUT2D eigenvalue weighted by Crippen LogP contribution is -2.29. The first kappa shape index (κ1) is 28.0. The van der Waals surface area contributed by atoms with E-state index in [2.05, 4.69) is 13.8 Å². The fraction of sp³-hybridized carbons (Fsp3) is 0.290. The van der Waals surface area contributed by atoms with Crippen LogP contribution in [0.2, 0.25) is 5.02 Å². The van der Waals surface area contributed by atoms with E-state index in [9.17, 15) is 14.7 Å². The Bertz CT molecular complexity index is 1430. The largest absolute Gasteiger partial charge is 0.507 e. The van der Waals surface area contributed by atoms with Gasteiger partial charge in [-0.05, 0) is 72.5 Å². The van der Waals surface area contributed by atoms with Crippen LogP contribution in [-0.4, -0.2) is 44.6 Å². The number of anilines is 2. The number of methoxy groups -OCH3 is 1. The van der Waals surface area contributed by atoms with Gasteiger partial charge in [0.05, 0.1) is 30.4 Å². The van der Waals surface area contributed by atoms with Crippen LogP contribution in [0.4, 0.5) is 11.4 Å². The normalized spacial score (nSPS) is 16.6. The van der Waals surface area contributed by atoms with Gasteiger partial charge in [0.25, 0.3) is 11.7 Å². The van der Waals surface area contributed by atoms with Crippen LogP contribution in [0.25, 0.3) is 5.76 Å². The molecule has 1 unspecified atom stereocenters. The topological polar surface area (TPSA) is 79.3 Å². The molecule has 0 bridgehead atoms. The van der Waals surface area contributed by atoms with Crippen LogP contribution in [-0.2, 0) is 9.59 Å². The van der Waals surface area contributed by atoms with Crippen molar-refractivity contribution in [2.75, 3.05) is 37.6 Å². The van der Waals surface area contributed by atoms with E-state index in [1.165, 1.54) is 12.0 Å². The van der Waals surface area contributed by atoms with Gasteiger partial charge in [-0.25, -0.2) is 0 Å². The Morgan fingerprint density at radius 2 is 1.69 bits per heavy atom. The third-order valence-corrected chi connectivity index (χ3v) is 6.90. The third kappa shape index (κ3) is 5.59. The van der Waals surface area contributed by atoms with E-state index >= 15 is 0 Å². The number of halogens is 1. The fourth-order valence-corrected chi connectivity index (χ4v) is 4.80. The Kier molecular flexibility index (Phi) is 8.21. The molecule has 3 aromatic carbocycles. The van der Waals surface area contributed by atoms with Crippen molar-refractivity contribution in [3.63, 3.8) is 0 Å². The number of nitrogens with zero attached hydrogens (tertiary/aromatic N) is 2. The molecule has 1 atom stereocenters. The Hall–Kier alpha value is -3.97. The summed E-state index contributed by atoms with van der Waals surface area (Å²) < 4.78 is 11.1. The van der Waals surface area contributed by atoms with Crippen LogP contribution < -0.4 is 19.3 Å². The van der Waals surface area contributed by atoms with Gasteiger partial charge in [0.1, 0.15) is 17.3 Å². The Morgan fingerprint density at radius 3 is 2.26 bits per heavy atom. The molecular weight excluding hydrogens is 516 g/mol. The SMILES string of the molecule is COc1ccc(N2C(=O)C(=O)/C(=C(/O)c3ccc(OCC(C)C)c(C)c3)C2c2ccc(N(C)C)cc2)cc1Cl. The number of amides is 1. The number of Topliss-reactive ketones (excluding diaryl/α,β-unsaturated/α-hetero) is 1. The molecule has 39 heavy (non-hydrogen) atoms. The molecule has 1 heterocycles. The van der Waals surface area contributed by atoms with Gasteiger partial charge in [-0.2, -0.15) is 0 Å². The van der Waals surface area contributed by atoms with Crippen molar-refractivity contribution >= 4 is 40.4 Å². The number of hydrogen-bond acceptors (Lipinski definition) is 6. The zero-order chi connectivity index (χ0) is 28.4. The molecule has 0 spiro atoms. The number of rotatable bonds is 8. The Balaban J connectivity index is 1.86. The summed E-state index contributed by atoms with van der Waals surface area (Å²) in [5, 5.41) is 11.8. The van der Waals surface area contributed by atoms with E-state index < -0.39 is 17.7 Å². The maximum atomic E-state index is 13.5. The average molecular weight is 549 g/mol. The van der Waals surface area contributed by atoms with E-state index in [1.807, 2.05) is 50.2 Å². The highest BCUT2D eigenvalue weighted by Gasteiger charge is 2.47. The second kappa shape index (κ2) is 11.4. The molecule has 1 N–H and O–H groups in total. The molecule has 8 heteroatoms. The third-order valence-electron chi connectivity index (χ3n) is 6.60. The Morgan fingerprint density at radius 1 is 1.03 bits per heavy atom. The summed E-state index contributed by atoms with van der Waals surface area (Å²) in [7, 11) is 5.36. The van der Waals surface area contributed by atoms with Gasteiger partial charge in [0.15, 0.2) is 0 Å². The maximum Gasteiger partial charge on any atom is 0.300 e. The molecule has 0 aliphatic carbocycles. The lowest BCUT2D eigenvalue weighted by Gasteiger charge is -2.26. The van der Waals surface area contributed by atoms with Gasteiger partial charge in [-0.1, -0.05) is 37.6 Å². The van der Waals surface area contributed by atoms with Crippen molar-refractivity contribution < 1.29 is 24.2 Å². The number of aliphatic hydroxyl groups excluding tert-OH is 1. The van der Waals surface area contributed by atoms with E-state index in [-0.39, 0.29) is 11.3 Å². The van der Waals surface area contributed by atoms with Crippen molar-refractivity contribution in [1.29, 1.82) is 0 Å². The van der Waals surface area contributed by atoms with Crippen molar-refractivity contribution in [1.82, 2.24) is 0 Å². The van der Waals surface area contributed by atoms with Gasteiger partial charge in [-0.15, -0.1) is 0 Å². The molecule has 0 saturated carbocycles. The van der Waals surface area contributed by atoms with Gasteiger partial charge < -0.3 is 19.5 Å². The number of hydrogen-bond donors (Lipinski definition) is 1. The number of ketones is 1. The molecule has 1 aliphatic heterocycles. The molecule has 4 rings (SSSR count). The molecule has 1 aliphatic rings. The molecule has 1 fully saturated rings. The lowest BCUT2D eigenvalue weighted by atomic mass is 9.94. The molecular formula is C31H33ClN2O5. The fourth-order valence-electron chi connectivity index (χ4n) is 4.54. The predicted molar refractivity (Wildman–Crippen MR) is 155 cm³/mol. The zero-order valence-electron chi connectivity index (χ0n) is 23.0. The van der Waals surface area contributed by atoms with Crippen LogP contribution in [0.5, 0.6) is 11.5 Å². The summed E-state index contributed by atoms with van der Waals surface area (Å²) in [5.41, 5.74) is 3.27. The minimum Gasteiger partial charge on any atom is -0.507 e. The average Bonchev–Trinajstić information content (AvgIpc) is 3.17. The highest BCUT2D eigenvalue weighted by atomic mass is 35.5. The van der Waals surface area contributed by atoms with Gasteiger partial charge in [-0.3, -0.25) is 14.5 Å². The number of benzene rings is 3. The molecule has 0 aromatic heterocycles. The smallest absolute Gasteiger partial charge is 0.300 e. The number of carbonyl (C=O) groups excluding carboxylic acids is 2. The molecule has 7 nitrogen and oxygen atoms in total. The van der Waals surface area contributed by atoms with Crippen LogP contribution in [0.1, 0.15) is 36.6 Å². The van der Waals surface area contributed by atoms with Crippen molar-refractivity contribution in [3.8, 4) is 11.5 Å². The van der Waals surface area contributed by atoms with E-state index in [1.54, 1.807) is 36.4 Å². The van der Waals surface area contributed by atoms with Crippen molar-refractivity contribution in [2.45, 2.75) is 26.8 Å². The Labute approximate surface area is 234 Å². The number of ether oxygens (including phenoxy) is 2. The van der Waals surface area contributed by atoms with Crippen LogP contribution in [0.3, 0.4) is 0 Å². The molecule has 1 amide bonds. The van der Waals surface area contributed by atoms with Crippen molar-refractivity contribution in [3.05, 3.63) is 87.9 Å². The monoisotopic (exact) mass is 548 g/mol. The minimum absolute atomic E-state index is 0.000192. The summed E-state index contributed by atoms with van der Waals surface area (Å²) >= 11 is 6.39. The highest BCUT2D eigenvalue weighted by Crippen LogP contribution is 2.44. The molecule has 1 saturated heterocycles. The first-order valence-corrected chi connectivity index (χ1v) is 13.1. The minimum atomic E-state index is -0.872.